The molecule has 6 heteroatoms. The average molecular weight is 248 g/mol. The maximum Gasteiger partial charge on any atom is 0.304 e. The Morgan fingerprint density at radius 3 is 2.88 bits per heavy atom. The molecule has 0 aliphatic carbocycles. The Hall–Kier alpha value is -0.590. The van der Waals surface area contributed by atoms with Gasteiger partial charge in [-0.05, 0) is 0 Å². The van der Waals surface area contributed by atoms with Crippen molar-refractivity contribution in [2.75, 3.05) is 19.0 Å². The molecule has 1 rings (SSSR count). The highest BCUT2D eigenvalue weighted by Gasteiger charge is 2.28. The van der Waals surface area contributed by atoms with Crippen molar-refractivity contribution in [3.05, 3.63) is 0 Å². The summed E-state index contributed by atoms with van der Waals surface area (Å²) < 4.78 is 15.4. The van der Waals surface area contributed by atoms with Crippen LogP contribution < -0.4 is 0 Å². The van der Waals surface area contributed by atoms with Gasteiger partial charge in [0.15, 0.2) is 5.78 Å². The van der Waals surface area contributed by atoms with E-state index in [-0.39, 0.29) is 23.8 Å². The number of hydrogen-bond donors (Lipinski definition) is 0. The van der Waals surface area contributed by atoms with E-state index in [1.165, 1.54) is 18.7 Å². The van der Waals surface area contributed by atoms with Gasteiger partial charge in [0.05, 0.1) is 12.4 Å². The van der Waals surface area contributed by atoms with E-state index >= 15 is 0 Å². The van der Waals surface area contributed by atoms with Gasteiger partial charge in [0.2, 0.25) is 6.29 Å². The molecular formula is C10H16O5S. The molecule has 0 radical (unpaired) electrons. The summed E-state index contributed by atoms with van der Waals surface area (Å²) in [4.78, 5) is 21.6. The molecule has 16 heavy (non-hydrogen) atoms. The first-order valence-electron chi connectivity index (χ1n) is 5.15. The maximum atomic E-state index is 11.0. The normalized spacial score (nSPS) is 24.4. The van der Waals surface area contributed by atoms with Gasteiger partial charge in [0.25, 0.3) is 0 Å². The fourth-order valence-electron chi connectivity index (χ4n) is 1.14. The summed E-state index contributed by atoms with van der Waals surface area (Å²) in [6.07, 6.45) is -0.00709. The van der Waals surface area contributed by atoms with Crippen LogP contribution in [-0.2, 0) is 23.8 Å². The second-order valence-electron chi connectivity index (χ2n) is 3.35. The molecule has 1 saturated heterocycles. The van der Waals surface area contributed by atoms with Crippen LogP contribution in [-0.4, -0.2) is 42.4 Å². The van der Waals surface area contributed by atoms with E-state index in [0.717, 1.165) is 0 Å². The molecule has 1 aliphatic heterocycles. The number of carbonyl (C=O) groups is 2. The Labute approximate surface area is 98.8 Å². The highest BCUT2D eigenvalue weighted by Crippen LogP contribution is 2.25. The predicted molar refractivity (Wildman–Crippen MR) is 59.0 cm³/mol. The molecule has 0 aromatic carbocycles. The summed E-state index contributed by atoms with van der Waals surface area (Å²) in [7, 11) is 0. The molecule has 1 heterocycles. The van der Waals surface area contributed by atoms with Crippen molar-refractivity contribution in [1.29, 1.82) is 0 Å². The second kappa shape index (κ2) is 6.88. The summed E-state index contributed by atoms with van der Waals surface area (Å²) in [5.74, 6) is 0.322. The quantitative estimate of drug-likeness (QED) is 0.652. The highest BCUT2D eigenvalue weighted by molar-refractivity contribution is 8.00. The maximum absolute atomic E-state index is 11.0. The summed E-state index contributed by atoms with van der Waals surface area (Å²) in [6.45, 7) is 3.60. The van der Waals surface area contributed by atoms with Crippen LogP contribution in [0.1, 0.15) is 20.3 Å². The topological polar surface area (TPSA) is 61.8 Å². The van der Waals surface area contributed by atoms with Crippen LogP contribution in [0.3, 0.4) is 0 Å². The zero-order chi connectivity index (χ0) is 12.0. The molecule has 0 N–H and O–H groups in total. The average Bonchev–Trinajstić information content (AvgIpc) is 2.64. The number of hydrogen-bond acceptors (Lipinski definition) is 6. The molecule has 0 aromatic heterocycles. The fourth-order valence-corrected chi connectivity index (χ4v) is 2.05. The van der Waals surface area contributed by atoms with Crippen molar-refractivity contribution in [1.82, 2.24) is 0 Å². The fraction of sp³-hybridized carbons (Fsp3) is 0.800. The zero-order valence-electron chi connectivity index (χ0n) is 9.43. The molecule has 0 amide bonds. The number of esters is 1. The smallest absolute Gasteiger partial charge is 0.304 e. The van der Waals surface area contributed by atoms with E-state index < -0.39 is 6.29 Å². The van der Waals surface area contributed by atoms with Gasteiger partial charge in [-0.25, -0.2) is 0 Å². The van der Waals surface area contributed by atoms with Crippen molar-refractivity contribution < 1.29 is 23.8 Å². The van der Waals surface area contributed by atoms with Crippen LogP contribution in [0.25, 0.3) is 0 Å². The first-order chi connectivity index (χ1) is 7.61. The van der Waals surface area contributed by atoms with Gasteiger partial charge >= 0.3 is 5.97 Å². The lowest BCUT2D eigenvalue weighted by Crippen LogP contribution is -2.21. The van der Waals surface area contributed by atoms with Gasteiger partial charge < -0.3 is 14.2 Å². The van der Waals surface area contributed by atoms with Gasteiger partial charge in [-0.1, -0.05) is 6.92 Å². The Bertz CT molecular complexity index is 256. The van der Waals surface area contributed by atoms with E-state index in [1.807, 2.05) is 0 Å². The largest absolute Gasteiger partial charge is 0.435 e. The third-order valence-electron chi connectivity index (χ3n) is 1.93. The van der Waals surface area contributed by atoms with E-state index in [9.17, 15) is 9.59 Å². The SMILES string of the molecule is CCC(=O)COCC1OC(OC(C)=O)CS1. The standard InChI is InChI=1S/C10H16O5S/c1-3-8(12)4-13-5-10-15-9(6-16-10)14-7(2)11/h9-10H,3-6H2,1-2H3. The summed E-state index contributed by atoms with van der Waals surface area (Å²) >= 11 is 1.52. The summed E-state index contributed by atoms with van der Waals surface area (Å²) in [5, 5.41) is 0. The minimum absolute atomic E-state index is 0.0690. The van der Waals surface area contributed by atoms with Crippen molar-refractivity contribution in [3.63, 3.8) is 0 Å². The lowest BCUT2D eigenvalue weighted by Gasteiger charge is -2.12. The summed E-state index contributed by atoms with van der Waals surface area (Å²) in [5.41, 5.74) is -0.158. The molecule has 1 fully saturated rings. The Kier molecular flexibility index (Phi) is 5.79. The van der Waals surface area contributed by atoms with Crippen LogP contribution in [0.15, 0.2) is 0 Å². The van der Waals surface area contributed by atoms with Crippen molar-refractivity contribution in [2.45, 2.75) is 32.0 Å². The first kappa shape index (κ1) is 13.5. The molecule has 0 spiro atoms. The molecule has 5 nitrogen and oxygen atoms in total. The monoisotopic (exact) mass is 248 g/mol. The van der Waals surface area contributed by atoms with E-state index in [0.29, 0.717) is 18.8 Å². The van der Waals surface area contributed by atoms with Gasteiger partial charge in [-0.2, -0.15) is 0 Å². The number of carbonyl (C=O) groups excluding carboxylic acids is 2. The minimum atomic E-state index is -0.488. The molecule has 2 atom stereocenters. The number of ketones is 1. The van der Waals surface area contributed by atoms with Crippen LogP contribution >= 0.6 is 11.8 Å². The predicted octanol–water partition coefficient (Wildman–Crippen LogP) is 0.961. The van der Waals surface area contributed by atoms with Gasteiger partial charge in [-0.15, -0.1) is 11.8 Å². The zero-order valence-corrected chi connectivity index (χ0v) is 10.2. The van der Waals surface area contributed by atoms with Crippen LogP contribution in [0.2, 0.25) is 0 Å². The molecule has 2 unspecified atom stereocenters. The van der Waals surface area contributed by atoms with Gasteiger partial charge in [-0.3, -0.25) is 9.59 Å². The number of ether oxygens (including phenoxy) is 3. The molecule has 0 bridgehead atoms. The lowest BCUT2D eigenvalue weighted by atomic mass is 10.3. The Balaban J connectivity index is 2.12. The van der Waals surface area contributed by atoms with Crippen molar-refractivity contribution in [3.8, 4) is 0 Å². The van der Waals surface area contributed by atoms with Crippen LogP contribution in [0.4, 0.5) is 0 Å². The number of thioether (sulfide) groups is 1. The number of Topliss-reactive ketones (excluding diaryl/α,β-unsaturated/α-hetero) is 1. The van der Waals surface area contributed by atoms with E-state index in [1.54, 1.807) is 6.92 Å². The van der Waals surface area contributed by atoms with Crippen molar-refractivity contribution in [2.24, 2.45) is 0 Å². The third kappa shape index (κ3) is 4.96. The Morgan fingerprint density at radius 2 is 2.25 bits per heavy atom. The lowest BCUT2D eigenvalue weighted by molar-refractivity contribution is -0.172. The molecule has 0 aromatic rings. The molecule has 92 valence electrons. The van der Waals surface area contributed by atoms with Crippen molar-refractivity contribution >= 4 is 23.5 Å². The van der Waals surface area contributed by atoms with Gasteiger partial charge in [0.1, 0.15) is 12.0 Å². The molecule has 0 saturated carbocycles. The van der Waals surface area contributed by atoms with E-state index in [2.05, 4.69) is 0 Å². The molecular weight excluding hydrogens is 232 g/mol. The third-order valence-corrected chi connectivity index (χ3v) is 3.01. The Morgan fingerprint density at radius 1 is 1.50 bits per heavy atom. The number of rotatable bonds is 6. The minimum Gasteiger partial charge on any atom is -0.435 e. The highest BCUT2D eigenvalue weighted by atomic mass is 32.2. The summed E-state index contributed by atoms with van der Waals surface area (Å²) in [6, 6.07) is 0. The second-order valence-corrected chi connectivity index (χ2v) is 4.54. The van der Waals surface area contributed by atoms with E-state index in [4.69, 9.17) is 14.2 Å². The van der Waals surface area contributed by atoms with Crippen LogP contribution in [0.5, 0.6) is 0 Å². The first-order valence-corrected chi connectivity index (χ1v) is 6.20. The van der Waals surface area contributed by atoms with Gasteiger partial charge in [0, 0.05) is 13.3 Å². The molecule has 1 aliphatic rings. The van der Waals surface area contributed by atoms with Crippen LogP contribution in [0, 0.1) is 0 Å².